The highest BCUT2D eigenvalue weighted by Crippen LogP contribution is 2.56. The minimum atomic E-state index is 0.106. The van der Waals surface area contributed by atoms with Crippen LogP contribution in [0.1, 0.15) is 102 Å². The normalized spacial score (nSPS) is 19.9. The van der Waals surface area contributed by atoms with Crippen LogP contribution >= 0.6 is 0 Å². The van der Waals surface area contributed by atoms with E-state index in [4.69, 9.17) is 0 Å². The maximum Gasteiger partial charge on any atom is 0.0991 e. The Hall–Kier alpha value is -4.94. The van der Waals surface area contributed by atoms with E-state index in [1.807, 2.05) is 24.3 Å². The largest absolute Gasteiger partial charge is 0.350 e. The summed E-state index contributed by atoms with van der Waals surface area (Å²) in [6, 6.07) is 30.5. The van der Waals surface area contributed by atoms with E-state index in [2.05, 4.69) is 136 Å². The molecule has 2 aliphatic carbocycles. The van der Waals surface area contributed by atoms with Crippen LogP contribution in [-0.2, 0) is 21.7 Å². The van der Waals surface area contributed by atoms with Gasteiger partial charge in [-0.15, -0.1) is 0 Å². The zero-order valence-electron chi connectivity index (χ0n) is 30.9. The lowest BCUT2D eigenvalue weighted by molar-refractivity contribution is 0.402. The lowest BCUT2D eigenvalue weighted by atomic mass is 9.82. The molecule has 0 unspecified atom stereocenters. The van der Waals surface area contributed by atoms with Gasteiger partial charge in [-0.1, -0.05) is 55.4 Å². The van der Waals surface area contributed by atoms with Crippen LogP contribution in [0.2, 0.25) is 0 Å². The minimum absolute atomic E-state index is 0.106. The maximum atomic E-state index is 9.48. The van der Waals surface area contributed by atoms with Crippen LogP contribution in [0.3, 0.4) is 0 Å². The average molecular weight is 661 g/mol. The van der Waals surface area contributed by atoms with Gasteiger partial charge in [-0.3, -0.25) is 0 Å². The second-order valence-electron chi connectivity index (χ2n) is 17.6. The molecule has 0 amide bonds. The van der Waals surface area contributed by atoms with Crippen LogP contribution in [-0.4, -0.2) is 26.4 Å². The van der Waals surface area contributed by atoms with E-state index in [0.29, 0.717) is 11.1 Å². The quantitative estimate of drug-likeness (QED) is 0.212. The lowest BCUT2D eigenvalue weighted by Gasteiger charge is -2.27. The molecule has 4 aliphatic rings. The van der Waals surface area contributed by atoms with E-state index in [-0.39, 0.29) is 21.7 Å². The summed E-state index contributed by atoms with van der Waals surface area (Å²) in [7, 11) is 0. The van der Waals surface area contributed by atoms with E-state index in [1.165, 1.54) is 45.0 Å². The summed E-state index contributed by atoms with van der Waals surface area (Å²) in [6.07, 6.45) is 2.25. The Labute approximate surface area is 298 Å². The van der Waals surface area contributed by atoms with Crippen molar-refractivity contribution in [3.63, 3.8) is 0 Å². The molecule has 0 saturated carbocycles. The first-order valence-electron chi connectivity index (χ1n) is 18.1. The predicted octanol–water partition coefficient (Wildman–Crippen LogP) is 9.88. The number of nitrogens with zero attached hydrogens (tertiary/aromatic N) is 6. The molecule has 2 aliphatic heterocycles. The van der Waals surface area contributed by atoms with Gasteiger partial charge in [-0.05, 0) is 130 Å². The van der Waals surface area contributed by atoms with Gasteiger partial charge in [0.25, 0.3) is 0 Å². The molecule has 4 aromatic carbocycles. The number of hydrogen-bond donors (Lipinski definition) is 0. The topological polar surface area (TPSA) is 60.5 Å². The molecule has 6 nitrogen and oxygen atoms in total. The standard InChI is InChI=1S/C44H48N6/c1-41(2)25-43(5,6)35-21-39-37(19-33(35)41)47(27-49(39)31-13-9-29(23-45)10-14-31)17-18-48-28-50(32-15-11-30(24-46)12-16-32)40-22-36-34(20-38(40)48)42(3,4)26-44(36,7)8/h9-16,19-22H,17-18,25-28H2,1-8H3. The smallest absolute Gasteiger partial charge is 0.0991 e. The number of hydrogen-bond acceptors (Lipinski definition) is 6. The van der Waals surface area contributed by atoms with Crippen LogP contribution in [0, 0.1) is 22.7 Å². The molecule has 6 heteroatoms. The van der Waals surface area contributed by atoms with Gasteiger partial charge < -0.3 is 19.6 Å². The van der Waals surface area contributed by atoms with Gasteiger partial charge in [0.1, 0.15) is 0 Å². The summed E-state index contributed by atoms with van der Waals surface area (Å²) >= 11 is 0. The summed E-state index contributed by atoms with van der Waals surface area (Å²) in [4.78, 5) is 9.96. The van der Waals surface area contributed by atoms with E-state index in [9.17, 15) is 10.5 Å². The summed E-state index contributed by atoms with van der Waals surface area (Å²) in [5.74, 6) is 0. The number of fused-ring (bicyclic) bond motifs is 4. The van der Waals surface area contributed by atoms with Crippen LogP contribution in [0.4, 0.5) is 34.1 Å². The van der Waals surface area contributed by atoms with Crippen LogP contribution in [0.15, 0.2) is 72.8 Å². The highest BCUT2D eigenvalue weighted by molar-refractivity contribution is 5.87. The van der Waals surface area contributed by atoms with Crippen molar-refractivity contribution in [3.05, 3.63) is 106 Å². The van der Waals surface area contributed by atoms with Crippen molar-refractivity contribution >= 4 is 34.1 Å². The molecule has 0 radical (unpaired) electrons. The average Bonchev–Trinajstić information content (AvgIpc) is 3.73. The van der Waals surface area contributed by atoms with Gasteiger partial charge in [0, 0.05) is 24.5 Å². The van der Waals surface area contributed by atoms with Gasteiger partial charge in [0.2, 0.25) is 0 Å². The monoisotopic (exact) mass is 660 g/mol. The van der Waals surface area contributed by atoms with Crippen molar-refractivity contribution in [1.29, 1.82) is 10.5 Å². The van der Waals surface area contributed by atoms with Crippen LogP contribution in [0.5, 0.6) is 0 Å². The molecule has 0 bridgehead atoms. The molecular weight excluding hydrogens is 613 g/mol. The summed E-state index contributed by atoms with van der Waals surface area (Å²) in [5.41, 5.74) is 14.9. The van der Waals surface area contributed by atoms with Gasteiger partial charge >= 0.3 is 0 Å². The Morgan fingerprint density at radius 2 is 0.780 bits per heavy atom. The first-order chi connectivity index (χ1) is 23.6. The fraction of sp³-hybridized carbons (Fsp3) is 0.409. The molecule has 0 atom stereocenters. The van der Waals surface area contributed by atoms with Gasteiger partial charge in [0.05, 0.1) is 59.4 Å². The summed E-state index contributed by atoms with van der Waals surface area (Å²) in [6.45, 7) is 22.4. The Morgan fingerprint density at radius 3 is 1.08 bits per heavy atom. The van der Waals surface area contributed by atoms with Crippen molar-refractivity contribution in [1.82, 2.24) is 0 Å². The number of rotatable bonds is 5. The SMILES string of the molecule is CC1(C)CC(C)(C)c2cc3c(cc21)N(CCN1CN(c2ccc(C#N)cc2)c2cc4c(cc21)C(C)(C)CC4(C)C)CN3c1ccc(C#N)cc1. The molecule has 50 heavy (non-hydrogen) atoms. The molecular formula is C44H48N6. The fourth-order valence-electron chi connectivity index (χ4n) is 10.1. The highest BCUT2D eigenvalue weighted by Gasteiger charge is 2.46. The molecule has 0 N–H and O–H groups in total. The van der Waals surface area contributed by atoms with Crippen molar-refractivity contribution in [2.75, 3.05) is 46.0 Å². The number of anilines is 6. The molecule has 0 fully saturated rings. The Balaban J connectivity index is 1.17. The lowest BCUT2D eigenvalue weighted by Crippen LogP contribution is -2.37. The zero-order chi connectivity index (χ0) is 35.4. The fourth-order valence-corrected chi connectivity index (χ4v) is 10.1. The molecule has 2 heterocycles. The number of nitriles is 2. The molecule has 254 valence electrons. The van der Waals surface area contributed by atoms with Crippen molar-refractivity contribution in [2.24, 2.45) is 0 Å². The predicted molar refractivity (Wildman–Crippen MR) is 205 cm³/mol. The third-order valence-corrected chi connectivity index (χ3v) is 12.1. The third-order valence-electron chi connectivity index (χ3n) is 12.1. The molecule has 4 aromatic rings. The Bertz CT molecular complexity index is 1950. The van der Waals surface area contributed by atoms with Crippen LogP contribution in [0.25, 0.3) is 0 Å². The van der Waals surface area contributed by atoms with Gasteiger partial charge in [0.15, 0.2) is 0 Å². The molecule has 0 aromatic heterocycles. The van der Waals surface area contributed by atoms with Crippen LogP contribution < -0.4 is 19.6 Å². The Morgan fingerprint density at radius 1 is 0.480 bits per heavy atom. The second kappa shape index (κ2) is 10.8. The minimum Gasteiger partial charge on any atom is -0.350 e. The number of benzene rings is 4. The first-order valence-corrected chi connectivity index (χ1v) is 18.1. The van der Waals surface area contributed by atoms with Gasteiger partial charge in [-0.2, -0.15) is 10.5 Å². The molecule has 0 saturated heterocycles. The first kappa shape index (κ1) is 32.3. The van der Waals surface area contributed by atoms with Crippen molar-refractivity contribution < 1.29 is 0 Å². The van der Waals surface area contributed by atoms with Crippen molar-refractivity contribution in [2.45, 2.75) is 89.9 Å². The summed E-state index contributed by atoms with van der Waals surface area (Å²) in [5, 5.41) is 19.0. The molecule has 8 rings (SSSR count). The third kappa shape index (κ3) is 4.95. The highest BCUT2D eigenvalue weighted by atomic mass is 15.4. The Kier molecular flexibility index (Phi) is 6.96. The van der Waals surface area contributed by atoms with Gasteiger partial charge in [-0.25, -0.2) is 0 Å². The van der Waals surface area contributed by atoms with E-state index < -0.39 is 0 Å². The van der Waals surface area contributed by atoms with E-state index in [0.717, 1.165) is 50.6 Å². The van der Waals surface area contributed by atoms with E-state index >= 15 is 0 Å². The maximum absolute atomic E-state index is 9.48. The second-order valence-corrected chi connectivity index (χ2v) is 17.6. The summed E-state index contributed by atoms with van der Waals surface area (Å²) < 4.78 is 0. The van der Waals surface area contributed by atoms with E-state index in [1.54, 1.807) is 0 Å². The zero-order valence-corrected chi connectivity index (χ0v) is 30.9. The van der Waals surface area contributed by atoms with Crippen molar-refractivity contribution in [3.8, 4) is 12.1 Å². The molecule has 0 spiro atoms.